The fourth-order valence-corrected chi connectivity index (χ4v) is 7.81. The molecule has 0 aliphatic carbocycles. The van der Waals surface area contributed by atoms with E-state index in [-0.39, 0.29) is 0 Å². The van der Waals surface area contributed by atoms with E-state index in [4.69, 9.17) is 4.42 Å². The van der Waals surface area contributed by atoms with E-state index in [9.17, 15) is 0 Å². The maximum Gasteiger partial charge on any atom is 0.143 e. The van der Waals surface area contributed by atoms with Crippen LogP contribution in [0.4, 0.5) is 17.1 Å². The molecule has 0 radical (unpaired) electrons. The van der Waals surface area contributed by atoms with Crippen molar-refractivity contribution in [3.63, 3.8) is 0 Å². The van der Waals surface area contributed by atoms with Crippen molar-refractivity contribution >= 4 is 60.5 Å². The summed E-state index contributed by atoms with van der Waals surface area (Å²) in [4.78, 5) is 2.40. The minimum Gasteiger partial charge on any atom is -0.455 e. The van der Waals surface area contributed by atoms with Crippen molar-refractivity contribution in [2.24, 2.45) is 0 Å². The van der Waals surface area contributed by atoms with Crippen LogP contribution in [0, 0.1) is 0 Å². The molecule has 0 bridgehead atoms. The predicted molar refractivity (Wildman–Crippen MR) is 220 cm³/mol. The standard InChI is InChI=1S/C50H33NO/c1-2-13-34(14-3-1)40-16-6-7-17-41(40)35-25-29-38(30-26-35)51(48-33-37-15-4-5-18-42(37)44-19-8-9-20-45(44)48)39-31-27-36(28-32-39)43-22-12-23-47-46-21-10-11-24-49(46)52-50(43)47/h1-33H. The Balaban J connectivity index is 1.13. The van der Waals surface area contributed by atoms with Crippen LogP contribution in [-0.2, 0) is 0 Å². The lowest BCUT2D eigenvalue weighted by Gasteiger charge is -2.28. The molecule has 1 heterocycles. The lowest BCUT2D eigenvalue weighted by molar-refractivity contribution is 0.670. The zero-order valence-electron chi connectivity index (χ0n) is 28.4. The topological polar surface area (TPSA) is 16.4 Å². The van der Waals surface area contributed by atoms with Crippen LogP contribution in [0.3, 0.4) is 0 Å². The van der Waals surface area contributed by atoms with Gasteiger partial charge >= 0.3 is 0 Å². The molecule has 10 aromatic rings. The number of rotatable bonds is 6. The third-order valence-corrected chi connectivity index (χ3v) is 10.3. The molecule has 2 nitrogen and oxygen atoms in total. The second-order valence-electron chi connectivity index (χ2n) is 13.3. The summed E-state index contributed by atoms with van der Waals surface area (Å²) in [6.45, 7) is 0. The average molecular weight is 664 g/mol. The van der Waals surface area contributed by atoms with Gasteiger partial charge in [-0.1, -0.05) is 164 Å². The van der Waals surface area contributed by atoms with E-state index in [2.05, 4.69) is 193 Å². The number of nitrogens with zero attached hydrogens (tertiary/aromatic N) is 1. The summed E-state index contributed by atoms with van der Waals surface area (Å²) in [5.74, 6) is 0. The number of hydrogen-bond acceptors (Lipinski definition) is 2. The van der Waals surface area contributed by atoms with Crippen LogP contribution < -0.4 is 4.90 Å². The number of fused-ring (bicyclic) bond motifs is 6. The van der Waals surface area contributed by atoms with Crippen molar-refractivity contribution in [1.82, 2.24) is 0 Å². The molecule has 0 atom stereocenters. The highest BCUT2D eigenvalue weighted by molar-refractivity contribution is 6.15. The molecule has 52 heavy (non-hydrogen) atoms. The molecule has 244 valence electrons. The second kappa shape index (κ2) is 12.5. The predicted octanol–water partition coefficient (Wildman–Crippen LogP) is 14.4. The third-order valence-electron chi connectivity index (χ3n) is 10.3. The number of benzene rings is 9. The Morgan fingerprint density at radius 2 is 0.827 bits per heavy atom. The van der Waals surface area contributed by atoms with E-state index in [0.717, 1.165) is 50.1 Å². The molecule has 0 saturated heterocycles. The smallest absolute Gasteiger partial charge is 0.143 e. The summed E-state index contributed by atoms with van der Waals surface area (Å²) < 4.78 is 6.42. The molecule has 0 unspecified atom stereocenters. The Kier molecular flexibility index (Phi) is 7.18. The van der Waals surface area contributed by atoms with Crippen molar-refractivity contribution < 1.29 is 4.42 Å². The van der Waals surface area contributed by atoms with E-state index in [1.165, 1.54) is 43.8 Å². The highest BCUT2D eigenvalue weighted by atomic mass is 16.3. The van der Waals surface area contributed by atoms with Gasteiger partial charge in [0.2, 0.25) is 0 Å². The number of hydrogen-bond donors (Lipinski definition) is 0. The lowest BCUT2D eigenvalue weighted by Crippen LogP contribution is -2.10. The first-order valence-corrected chi connectivity index (χ1v) is 17.8. The molecule has 0 spiro atoms. The molecule has 0 saturated carbocycles. The largest absolute Gasteiger partial charge is 0.455 e. The SMILES string of the molecule is c1ccc(-c2ccccc2-c2ccc(N(c3ccc(-c4cccc5c4oc4ccccc45)cc3)c3cc4ccccc4c4ccccc34)cc2)cc1. The summed E-state index contributed by atoms with van der Waals surface area (Å²) in [6, 6.07) is 71.7. The van der Waals surface area contributed by atoms with E-state index in [0.29, 0.717) is 0 Å². The average Bonchev–Trinajstić information content (AvgIpc) is 3.61. The van der Waals surface area contributed by atoms with Gasteiger partial charge in [0.25, 0.3) is 0 Å². The molecule has 0 amide bonds. The molecule has 1 aromatic heterocycles. The first-order chi connectivity index (χ1) is 25.8. The van der Waals surface area contributed by atoms with Crippen LogP contribution in [0.25, 0.3) is 76.9 Å². The van der Waals surface area contributed by atoms with Gasteiger partial charge in [-0.15, -0.1) is 0 Å². The first-order valence-electron chi connectivity index (χ1n) is 17.8. The quantitative estimate of drug-likeness (QED) is 0.165. The minimum atomic E-state index is 0.908. The molecular weight excluding hydrogens is 631 g/mol. The Labute approximate surface area is 302 Å². The molecule has 0 aliphatic rings. The van der Waals surface area contributed by atoms with Crippen LogP contribution in [0.15, 0.2) is 205 Å². The number of anilines is 3. The van der Waals surface area contributed by atoms with Crippen LogP contribution in [0.2, 0.25) is 0 Å². The fraction of sp³-hybridized carbons (Fsp3) is 0. The van der Waals surface area contributed by atoms with Gasteiger partial charge in [-0.3, -0.25) is 0 Å². The van der Waals surface area contributed by atoms with Crippen molar-refractivity contribution in [3.05, 3.63) is 200 Å². The van der Waals surface area contributed by atoms with Gasteiger partial charge in [-0.2, -0.15) is 0 Å². The Morgan fingerprint density at radius 1 is 0.327 bits per heavy atom. The van der Waals surface area contributed by atoms with Gasteiger partial charge in [0, 0.05) is 33.1 Å². The fourth-order valence-electron chi connectivity index (χ4n) is 7.81. The Bertz CT molecular complexity index is 2890. The van der Waals surface area contributed by atoms with Gasteiger partial charge in [-0.25, -0.2) is 0 Å². The lowest BCUT2D eigenvalue weighted by atomic mass is 9.94. The van der Waals surface area contributed by atoms with Crippen LogP contribution >= 0.6 is 0 Å². The van der Waals surface area contributed by atoms with Crippen molar-refractivity contribution in [1.29, 1.82) is 0 Å². The van der Waals surface area contributed by atoms with Gasteiger partial charge < -0.3 is 9.32 Å². The number of furan rings is 1. The molecule has 0 N–H and O–H groups in total. The molecule has 0 aliphatic heterocycles. The maximum atomic E-state index is 6.42. The van der Waals surface area contributed by atoms with Crippen LogP contribution in [0.1, 0.15) is 0 Å². The second-order valence-corrected chi connectivity index (χ2v) is 13.3. The van der Waals surface area contributed by atoms with Gasteiger partial charge in [0.05, 0.1) is 5.69 Å². The highest BCUT2D eigenvalue weighted by Gasteiger charge is 2.19. The summed E-state index contributed by atoms with van der Waals surface area (Å²) in [7, 11) is 0. The Hall–Kier alpha value is -6.90. The maximum absolute atomic E-state index is 6.42. The molecular formula is C50H33NO. The van der Waals surface area contributed by atoms with Crippen LogP contribution in [0.5, 0.6) is 0 Å². The van der Waals surface area contributed by atoms with Gasteiger partial charge in [0.1, 0.15) is 11.2 Å². The molecule has 0 fully saturated rings. The van der Waals surface area contributed by atoms with E-state index in [1.807, 2.05) is 12.1 Å². The van der Waals surface area contributed by atoms with E-state index >= 15 is 0 Å². The van der Waals surface area contributed by atoms with Crippen molar-refractivity contribution in [2.75, 3.05) is 4.90 Å². The van der Waals surface area contributed by atoms with Crippen molar-refractivity contribution in [3.8, 4) is 33.4 Å². The summed E-state index contributed by atoms with van der Waals surface area (Å²) >= 11 is 0. The normalized spacial score (nSPS) is 11.5. The zero-order valence-corrected chi connectivity index (χ0v) is 28.4. The Morgan fingerprint density at radius 3 is 1.54 bits per heavy atom. The monoisotopic (exact) mass is 663 g/mol. The minimum absolute atomic E-state index is 0.908. The molecule has 9 aromatic carbocycles. The van der Waals surface area contributed by atoms with Gasteiger partial charge in [-0.05, 0) is 80.4 Å². The van der Waals surface area contributed by atoms with E-state index < -0.39 is 0 Å². The zero-order chi connectivity index (χ0) is 34.4. The number of para-hydroxylation sites is 2. The van der Waals surface area contributed by atoms with Gasteiger partial charge in [0.15, 0.2) is 0 Å². The third kappa shape index (κ3) is 5.04. The molecule has 10 rings (SSSR count). The summed E-state index contributed by atoms with van der Waals surface area (Å²) in [5, 5.41) is 7.18. The van der Waals surface area contributed by atoms with Crippen molar-refractivity contribution in [2.45, 2.75) is 0 Å². The van der Waals surface area contributed by atoms with E-state index in [1.54, 1.807) is 0 Å². The first kappa shape index (κ1) is 30.0. The summed E-state index contributed by atoms with van der Waals surface area (Å²) in [5.41, 5.74) is 12.2. The van der Waals surface area contributed by atoms with Crippen LogP contribution in [-0.4, -0.2) is 0 Å². The molecule has 2 heteroatoms. The summed E-state index contributed by atoms with van der Waals surface area (Å²) in [6.07, 6.45) is 0. The highest BCUT2D eigenvalue weighted by Crippen LogP contribution is 2.44.